The quantitative estimate of drug-likeness (QED) is 0.860. The first kappa shape index (κ1) is 11.4. The largest absolute Gasteiger partial charge is 0.348 e. The van der Waals surface area contributed by atoms with Gasteiger partial charge in [-0.2, -0.15) is 0 Å². The monoisotopic (exact) mass is 264 g/mol. The number of amides is 1. The number of benzene rings is 1. The molecule has 0 bridgehead atoms. The highest BCUT2D eigenvalue weighted by Gasteiger charge is 2.22. The number of aromatic nitrogens is 1. The predicted molar refractivity (Wildman–Crippen MR) is 79.5 cm³/mol. The zero-order valence-corrected chi connectivity index (χ0v) is 11.2. The molecule has 1 aromatic carbocycles. The number of hydrogen-bond donors (Lipinski definition) is 1. The highest BCUT2D eigenvalue weighted by molar-refractivity contribution is 5.99. The van der Waals surface area contributed by atoms with Gasteiger partial charge >= 0.3 is 0 Å². The van der Waals surface area contributed by atoms with E-state index in [0.29, 0.717) is 6.54 Å². The predicted octanol–water partition coefficient (Wildman–Crippen LogP) is 2.87. The summed E-state index contributed by atoms with van der Waals surface area (Å²) in [6, 6.07) is 8.27. The summed E-state index contributed by atoms with van der Waals surface area (Å²) in [6.45, 7) is 2.70. The normalized spacial score (nSPS) is 15.7. The summed E-state index contributed by atoms with van der Waals surface area (Å²) < 4.78 is 0. The third-order valence-electron chi connectivity index (χ3n) is 4.00. The number of nitrogens with one attached hydrogen (secondary N) is 1. The fourth-order valence-corrected chi connectivity index (χ4v) is 2.98. The van der Waals surface area contributed by atoms with Crippen LogP contribution < -0.4 is 5.32 Å². The van der Waals surface area contributed by atoms with Gasteiger partial charge in [-0.25, -0.2) is 0 Å². The van der Waals surface area contributed by atoms with Crippen LogP contribution in [0.15, 0.2) is 36.5 Å². The van der Waals surface area contributed by atoms with Crippen LogP contribution in [0.5, 0.6) is 0 Å². The number of aryl methyl sites for hydroxylation is 1. The highest BCUT2D eigenvalue weighted by Crippen LogP contribution is 2.33. The summed E-state index contributed by atoms with van der Waals surface area (Å²) in [4.78, 5) is 16.1. The van der Waals surface area contributed by atoms with E-state index in [-0.39, 0.29) is 7.33 Å². The second-order valence-corrected chi connectivity index (χ2v) is 5.38. The Morgan fingerprint density at radius 2 is 2.15 bits per heavy atom. The maximum absolute atomic E-state index is 11.6. The van der Waals surface area contributed by atoms with Crippen molar-refractivity contribution in [1.29, 1.82) is 0 Å². The van der Waals surface area contributed by atoms with Gasteiger partial charge in [0.2, 0.25) is 0 Å². The van der Waals surface area contributed by atoms with Gasteiger partial charge in [0.15, 0.2) is 0 Å². The van der Waals surface area contributed by atoms with Gasteiger partial charge in [-0.15, -0.1) is 0 Å². The molecule has 0 saturated carbocycles. The van der Waals surface area contributed by atoms with Crippen LogP contribution in [-0.2, 0) is 13.0 Å². The molecule has 1 N–H and O–H groups in total. The zero-order valence-electron chi connectivity index (χ0n) is 11.2. The smallest absolute Gasteiger partial charge is 0.251 e. The van der Waals surface area contributed by atoms with Crippen molar-refractivity contribution < 1.29 is 6.22 Å². The lowest BCUT2D eigenvalue weighted by Crippen LogP contribution is -2.12. The molecule has 1 aromatic heterocycles. The number of hydrogen-bond acceptors (Lipinski definition) is 2. The Labute approximate surface area is 118 Å². The van der Waals surface area contributed by atoms with Crippen LogP contribution in [-0.4, -0.2) is 10.9 Å². The molecule has 2 aliphatic rings. The maximum atomic E-state index is 11.6. The summed E-state index contributed by atoms with van der Waals surface area (Å²) in [5.74, 6) is 0.0323. The third-order valence-corrected chi connectivity index (χ3v) is 4.00. The average molecular weight is 264 g/mol. The van der Waals surface area contributed by atoms with Crippen molar-refractivity contribution in [2.24, 2.45) is 0 Å². The Balaban J connectivity index is 0.00000132. The number of allylic oxidation sites excluding steroid dienone is 1. The van der Waals surface area contributed by atoms with E-state index in [1.165, 1.54) is 22.3 Å². The summed E-state index contributed by atoms with van der Waals surface area (Å²) in [5, 5.41) is 2.86. The van der Waals surface area contributed by atoms with Crippen LogP contribution in [0.25, 0.3) is 5.57 Å². The van der Waals surface area contributed by atoms with Crippen LogP contribution in [0.1, 0.15) is 39.7 Å². The number of rotatable bonds is 1. The molecule has 3 heteroatoms. The maximum Gasteiger partial charge on any atom is 0.251 e. The number of nitrogens with zero attached hydrogens (tertiary/aromatic N) is 1. The van der Waals surface area contributed by atoms with E-state index in [1.807, 2.05) is 18.3 Å². The van der Waals surface area contributed by atoms with Crippen molar-refractivity contribution >= 4 is 11.5 Å². The number of carbonyl (C=O) groups is 1. The highest BCUT2D eigenvalue weighted by atomic mass is 16.1. The Bertz CT molecular complexity index is 780. The number of fused-ring (bicyclic) bond motifs is 2. The van der Waals surface area contributed by atoms with E-state index in [4.69, 9.17) is 0 Å². The summed E-state index contributed by atoms with van der Waals surface area (Å²) in [7, 11) is 0. The second-order valence-electron chi connectivity index (χ2n) is 5.38. The van der Waals surface area contributed by atoms with Crippen molar-refractivity contribution in [3.63, 3.8) is 0 Å². The van der Waals surface area contributed by atoms with E-state index < -0.39 is 0 Å². The molecular weight excluding hydrogens is 248 g/mol. The molecule has 0 saturated heterocycles. The second kappa shape index (κ2) is 4.04. The van der Waals surface area contributed by atoms with Gasteiger partial charge in [0.1, 0.15) is 0 Å². The Morgan fingerprint density at radius 1 is 1.25 bits per heavy atom. The van der Waals surface area contributed by atoms with Gasteiger partial charge in [-0.05, 0) is 47.4 Å². The SMILES string of the molecule is Cc1cnc2c(c1)C(c1ccc3c(c1)CNC3=O)=CC2.[HH]. The van der Waals surface area contributed by atoms with E-state index in [0.717, 1.165) is 23.2 Å². The molecule has 1 aliphatic heterocycles. The number of carbonyl (C=O) groups excluding carboxylic acids is 1. The average Bonchev–Trinajstić information content (AvgIpc) is 3.02. The molecule has 0 fully saturated rings. The van der Waals surface area contributed by atoms with Gasteiger partial charge in [0.25, 0.3) is 5.91 Å². The lowest BCUT2D eigenvalue weighted by atomic mass is 9.97. The van der Waals surface area contributed by atoms with Crippen LogP contribution in [0.2, 0.25) is 0 Å². The van der Waals surface area contributed by atoms with Gasteiger partial charge in [-0.3, -0.25) is 9.78 Å². The Morgan fingerprint density at radius 3 is 3.05 bits per heavy atom. The van der Waals surface area contributed by atoms with Crippen LogP contribution >= 0.6 is 0 Å². The van der Waals surface area contributed by atoms with Gasteiger partial charge in [0.05, 0.1) is 5.69 Å². The molecule has 1 amide bonds. The fraction of sp³-hybridized carbons (Fsp3) is 0.176. The molecule has 2 heterocycles. The molecule has 3 nitrogen and oxygen atoms in total. The lowest BCUT2D eigenvalue weighted by Gasteiger charge is -2.08. The van der Waals surface area contributed by atoms with Crippen molar-refractivity contribution in [1.82, 2.24) is 10.3 Å². The minimum Gasteiger partial charge on any atom is -0.348 e. The molecule has 0 radical (unpaired) electrons. The molecule has 2 aromatic rings. The molecule has 0 unspecified atom stereocenters. The van der Waals surface area contributed by atoms with Gasteiger partial charge < -0.3 is 5.32 Å². The van der Waals surface area contributed by atoms with E-state index in [9.17, 15) is 4.79 Å². The third kappa shape index (κ3) is 1.59. The first-order chi connectivity index (χ1) is 9.72. The Hall–Kier alpha value is -2.42. The lowest BCUT2D eigenvalue weighted by molar-refractivity contribution is 0.0966. The van der Waals surface area contributed by atoms with Crippen molar-refractivity contribution in [3.05, 3.63) is 70.0 Å². The standard InChI is InChI=1S/C17H14N2O.H2/c1-10-6-15-13(4-5-16(15)18-8-10)11-2-3-14-12(7-11)9-19-17(14)20;/h2-4,6-8H,5,9H2,1H3,(H,19,20);1H. The molecule has 20 heavy (non-hydrogen) atoms. The zero-order chi connectivity index (χ0) is 13.7. The molecule has 4 rings (SSSR count). The Kier molecular flexibility index (Phi) is 2.30. The van der Waals surface area contributed by atoms with Crippen LogP contribution in [0, 0.1) is 6.92 Å². The molecular formula is C17H16N2O. The number of pyridine rings is 1. The van der Waals surface area contributed by atoms with Crippen molar-refractivity contribution in [2.75, 3.05) is 0 Å². The minimum atomic E-state index is 0. The molecule has 0 atom stereocenters. The van der Waals surface area contributed by atoms with Gasteiger partial charge in [-0.1, -0.05) is 12.1 Å². The first-order valence-electron chi connectivity index (χ1n) is 6.80. The molecule has 0 spiro atoms. The van der Waals surface area contributed by atoms with E-state index in [2.05, 4.69) is 35.4 Å². The van der Waals surface area contributed by atoms with Crippen LogP contribution in [0.3, 0.4) is 0 Å². The van der Waals surface area contributed by atoms with Crippen LogP contribution in [0.4, 0.5) is 0 Å². The topological polar surface area (TPSA) is 42.0 Å². The minimum absolute atomic E-state index is 0. The molecule has 100 valence electrons. The summed E-state index contributed by atoms with van der Waals surface area (Å²) >= 11 is 0. The molecule has 1 aliphatic carbocycles. The summed E-state index contributed by atoms with van der Waals surface area (Å²) in [5.41, 5.74) is 7.83. The van der Waals surface area contributed by atoms with Gasteiger partial charge in [0, 0.05) is 31.7 Å². The first-order valence-corrected chi connectivity index (χ1v) is 6.80. The van der Waals surface area contributed by atoms with Crippen molar-refractivity contribution in [2.45, 2.75) is 19.9 Å². The van der Waals surface area contributed by atoms with E-state index in [1.54, 1.807) is 0 Å². The van der Waals surface area contributed by atoms with E-state index >= 15 is 0 Å². The fourth-order valence-electron chi connectivity index (χ4n) is 2.98. The summed E-state index contributed by atoms with van der Waals surface area (Å²) in [6.07, 6.45) is 5.03. The van der Waals surface area contributed by atoms with Crippen molar-refractivity contribution in [3.8, 4) is 0 Å².